The minimum Gasteiger partial charge on any atom is -0.300 e. The highest BCUT2D eigenvalue weighted by molar-refractivity contribution is 5.00. The van der Waals surface area contributed by atoms with Crippen LogP contribution in [-0.2, 0) is 0 Å². The minimum absolute atomic E-state index is 0.856. The van der Waals surface area contributed by atoms with Crippen LogP contribution in [-0.4, -0.2) is 24.0 Å². The van der Waals surface area contributed by atoms with Gasteiger partial charge in [0.05, 0.1) is 0 Å². The van der Waals surface area contributed by atoms with Crippen molar-refractivity contribution in [3.63, 3.8) is 0 Å². The molecule has 0 N–H and O–H groups in total. The summed E-state index contributed by atoms with van der Waals surface area (Å²) in [5, 5.41) is 0. The fourth-order valence-electron chi connectivity index (χ4n) is 4.66. The average Bonchev–Trinajstić information content (AvgIpc) is 2.27. The van der Waals surface area contributed by atoms with Crippen molar-refractivity contribution in [2.45, 2.75) is 53.5 Å². The van der Waals surface area contributed by atoms with Crippen LogP contribution in [0.15, 0.2) is 0 Å². The lowest BCUT2D eigenvalue weighted by molar-refractivity contribution is -0.0797. The molecule has 3 rings (SSSR count). The van der Waals surface area contributed by atoms with Crippen LogP contribution in [0, 0.1) is 29.6 Å². The van der Waals surface area contributed by atoms with E-state index in [0.717, 1.165) is 35.6 Å². The van der Waals surface area contributed by atoms with Crippen LogP contribution in [0.4, 0.5) is 0 Å². The van der Waals surface area contributed by atoms with E-state index in [2.05, 4.69) is 39.5 Å². The molecular formula is C15H29N. The maximum absolute atomic E-state index is 2.76. The van der Waals surface area contributed by atoms with Crippen LogP contribution in [0.25, 0.3) is 0 Å². The quantitative estimate of drug-likeness (QED) is 0.706. The molecule has 94 valence electrons. The molecule has 3 aliphatic rings. The second-order valence-corrected chi connectivity index (χ2v) is 6.64. The van der Waals surface area contributed by atoms with Gasteiger partial charge in [-0.15, -0.1) is 0 Å². The smallest absolute Gasteiger partial charge is 0.0129 e. The zero-order valence-corrected chi connectivity index (χ0v) is 11.7. The summed E-state index contributed by atoms with van der Waals surface area (Å²) in [5.41, 5.74) is 0. The Bertz CT molecular complexity index is 234. The van der Waals surface area contributed by atoms with Crippen molar-refractivity contribution in [1.82, 2.24) is 4.90 Å². The molecule has 0 spiro atoms. The average molecular weight is 223 g/mol. The molecule has 0 aromatic heterocycles. The fraction of sp³-hybridized carbons (Fsp3) is 1.00. The third-order valence-electron chi connectivity index (χ3n) is 5.15. The van der Waals surface area contributed by atoms with E-state index >= 15 is 0 Å². The van der Waals surface area contributed by atoms with Crippen molar-refractivity contribution in [2.75, 3.05) is 13.1 Å². The number of fused-ring (bicyclic) bond motifs is 3. The van der Waals surface area contributed by atoms with E-state index in [9.17, 15) is 0 Å². The van der Waals surface area contributed by atoms with Gasteiger partial charge in [-0.2, -0.15) is 0 Å². The Balaban J connectivity index is 2.22. The highest BCUT2D eigenvalue weighted by Crippen LogP contribution is 2.49. The molecular weight excluding hydrogens is 194 g/mol. The van der Waals surface area contributed by atoms with Gasteiger partial charge in [-0.1, -0.05) is 34.6 Å². The molecule has 4 atom stereocenters. The van der Waals surface area contributed by atoms with Crippen LogP contribution in [0.5, 0.6) is 0 Å². The standard InChI is InChI=1S/C15H29N/c1-6-16-9-12-7-8-13(16)15(11(4)5)14(12)10(2)3/h10-15H,6-9H2,1-5H3. The van der Waals surface area contributed by atoms with Gasteiger partial charge in [0.25, 0.3) is 0 Å². The molecule has 1 saturated carbocycles. The first kappa shape index (κ1) is 12.4. The summed E-state index contributed by atoms with van der Waals surface area (Å²) in [6.45, 7) is 14.7. The van der Waals surface area contributed by atoms with Crippen LogP contribution in [0.1, 0.15) is 47.5 Å². The lowest BCUT2D eigenvalue weighted by Crippen LogP contribution is -2.59. The molecule has 0 amide bonds. The Morgan fingerprint density at radius 3 is 2.12 bits per heavy atom. The van der Waals surface area contributed by atoms with Crippen LogP contribution in [0.3, 0.4) is 0 Å². The summed E-state index contributed by atoms with van der Waals surface area (Å²) >= 11 is 0. The van der Waals surface area contributed by atoms with Gasteiger partial charge in [-0.05, 0) is 49.0 Å². The number of hydrogen-bond donors (Lipinski definition) is 0. The normalized spacial score (nSPS) is 39.9. The lowest BCUT2D eigenvalue weighted by Gasteiger charge is -2.57. The second-order valence-electron chi connectivity index (χ2n) is 6.64. The largest absolute Gasteiger partial charge is 0.300 e. The molecule has 2 bridgehead atoms. The van der Waals surface area contributed by atoms with Gasteiger partial charge in [-0.25, -0.2) is 0 Å². The van der Waals surface area contributed by atoms with Crippen LogP contribution >= 0.6 is 0 Å². The summed E-state index contributed by atoms with van der Waals surface area (Å²) < 4.78 is 0. The number of nitrogens with zero attached hydrogens (tertiary/aromatic N) is 1. The van der Waals surface area contributed by atoms with Gasteiger partial charge < -0.3 is 4.90 Å². The van der Waals surface area contributed by atoms with Gasteiger partial charge in [0.2, 0.25) is 0 Å². The van der Waals surface area contributed by atoms with E-state index < -0.39 is 0 Å². The third-order valence-corrected chi connectivity index (χ3v) is 5.15. The molecule has 1 aliphatic carbocycles. The maximum Gasteiger partial charge on any atom is 0.0129 e. The van der Waals surface area contributed by atoms with E-state index in [0.29, 0.717) is 0 Å². The molecule has 1 heteroatoms. The van der Waals surface area contributed by atoms with Crippen LogP contribution < -0.4 is 0 Å². The Morgan fingerprint density at radius 1 is 1.00 bits per heavy atom. The molecule has 2 aliphatic heterocycles. The predicted molar refractivity (Wildman–Crippen MR) is 70.4 cm³/mol. The Kier molecular flexibility index (Phi) is 3.63. The molecule has 0 aromatic rings. The van der Waals surface area contributed by atoms with Gasteiger partial charge >= 0.3 is 0 Å². The van der Waals surface area contributed by atoms with Gasteiger partial charge in [0, 0.05) is 12.6 Å². The zero-order valence-electron chi connectivity index (χ0n) is 11.7. The first-order chi connectivity index (χ1) is 7.56. The molecule has 16 heavy (non-hydrogen) atoms. The molecule has 3 fully saturated rings. The lowest BCUT2D eigenvalue weighted by atomic mass is 9.58. The first-order valence-corrected chi connectivity index (χ1v) is 7.30. The molecule has 0 aromatic carbocycles. The van der Waals surface area contributed by atoms with E-state index in [1.54, 1.807) is 0 Å². The summed E-state index contributed by atoms with van der Waals surface area (Å²) in [6.07, 6.45) is 2.96. The zero-order chi connectivity index (χ0) is 11.9. The molecule has 0 radical (unpaired) electrons. The van der Waals surface area contributed by atoms with Gasteiger partial charge in [0.15, 0.2) is 0 Å². The highest BCUT2D eigenvalue weighted by atomic mass is 15.2. The molecule has 2 saturated heterocycles. The Morgan fingerprint density at radius 2 is 1.62 bits per heavy atom. The summed E-state index contributed by atoms with van der Waals surface area (Å²) in [6, 6.07) is 0.891. The molecule has 2 heterocycles. The third kappa shape index (κ3) is 1.92. The van der Waals surface area contributed by atoms with E-state index in [1.165, 1.54) is 25.9 Å². The summed E-state index contributed by atoms with van der Waals surface area (Å²) in [4.78, 5) is 2.76. The van der Waals surface area contributed by atoms with Crippen molar-refractivity contribution in [1.29, 1.82) is 0 Å². The van der Waals surface area contributed by atoms with E-state index in [-0.39, 0.29) is 0 Å². The molecule has 1 nitrogen and oxygen atoms in total. The van der Waals surface area contributed by atoms with Gasteiger partial charge in [0.1, 0.15) is 0 Å². The van der Waals surface area contributed by atoms with E-state index in [4.69, 9.17) is 0 Å². The first-order valence-electron chi connectivity index (χ1n) is 7.30. The number of piperidine rings is 2. The Labute approximate surface area is 102 Å². The van der Waals surface area contributed by atoms with Crippen molar-refractivity contribution in [3.05, 3.63) is 0 Å². The molecule has 4 unspecified atom stereocenters. The van der Waals surface area contributed by atoms with Crippen molar-refractivity contribution >= 4 is 0 Å². The van der Waals surface area contributed by atoms with Crippen LogP contribution in [0.2, 0.25) is 0 Å². The topological polar surface area (TPSA) is 3.24 Å². The fourth-order valence-corrected chi connectivity index (χ4v) is 4.66. The number of hydrogen-bond acceptors (Lipinski definition) is 1. The van der Waals surface area contributed by atoms with Crippen molar-refractivity contribution < 1.29 is 0 Å². The monoisotopic (exact) mass is 223 g/mol. The van der Waals surface area contributed by atoms with Crippen molar-refractivity contribution in [2.24, 2.45) is 29.6 Å². The highest BCUT2D eigenvalue weighted by Gasteiger charge is 2.48. The number of rotatable bonds is 3. The maximum atomic E-state index is 2.76. The minimum atomic E-state index is 0.856. The SMILES string of the molecule is CCN1CC2CCC1C(C(C)C)C2C(C)C. The Hall–Kier alpha value is -0.0400. The predicted octanol–water partition coefficient (Wildman–Crippen LogP) is 3.64. The summed E-state index contributed by atoms with van der Waals surface area (Å²) in [5.74, 6) is 4.65. The summed E-state index contributed by atoms with van der Waals surface area (Å²) in [7, 11) is 0. The van der Waals surface area contributed by atoms with Gasteiger partial charge in [-0.3, -0.25) is 0 Å². The van der Waals surface area contributed by atoms with E-state index in [1.807, 2.05) is 0 Å². The van der Waals surface area contributed by atoms with Crippen molar-refractivity contribution in [3.8, 4) is 0 Å². The second kappa shape index (κ2) is 4.68.